The van der Waals surface area contributed by atoms with Crippen molar-refractivity contribution in [1.82, 2.24) is 5.32 Å². The van der Waals surface area contributed by atoms with E-state index in [1.165, 1.54) is 12.8 Å². The fourth-order valence-electron chi connectivity index (χ4n) is 1.93. The smallest absolute Gasteiger partial charge is 0.132 e. The van der Waals surface area contributed by atoms with Crippen molar-refractivity contribution in [2.45, 2.75) is 25.9 Å². The van der Waals surface area contributed by atoms with Gasteiger partial charge < -0.3 is 14.5 Å². The maximum absolute atomic E-state index is 5.80. The first kappa shape index (κ1) is 10.7. The molecule has 15 heavy (non-hydrogen) atoms. The molecule has 1 atom stereocenters. The van der Waals surface area contributed by atoms with Gasteiger partial charge in [0, 0.05) is 0 Å². The van der Waals surface area contributed by atoms with E-state index in [0.717, 1.165) is 25.5 Å². The van der Waals surface area contributed by atoms with Gasteiger partial charge in [0.05, 0.1) is 12.9 Å². The summed E-state index contributed by atoms with van der Waals surface area (Å²) in [5.74, 6) is 1.63. The maximum atomic E-state index is 5.80. The molecule has 0 unspecified atom stereocenters. The van der Waals surface area contributed by atoms with Crippen molar-refractivity contribution < 1.29 is 9.15 Å². The number of rotatable bonds is 4. The van der Waals surface area contributed by atoms with E-state index in [-0.39, 0.29) is 6.10 Å². The van der Waals surface area contributed by atoms with Crippen molar-refractivity contribution >= 4 is 0 Å². The molecule has 0 saturated carbocycles. The Morgan fingerprint density at radius 1 is 1.53 bits per heavy atom. The Morgan fingerprint density at radius 2 is 2.33 bits per heavy atom. The second-order valence-corrected chi connectivity index (χ2v) is 4.18. The molecule has 1 aromatic heterocycles. The summed E-state index contributed by atoms with van der Waals surface area (Å²) < 4.78 is 11.1. The van der Waals surface area contributed by atoms with Crippen molar-refractivity contribution in [3.05, 3.63) is 24.2 Å². The van der Waals surface area contributed by atoms with Crippen LogP contribution in [0.15, 0.2) is 22.8 Å². The molecule has 1 aliphatic rings. The molecule has 1 fully saturated rings. The summed E-state index contributed by atoms with van der Waals surface area (Å²) in [5.41, 5.74) is 0. The number of hydrogen-bond acceptors (Lipinski definition) is 3. The molecule has 2 rings (SSSR count). The zero-order chi connectivity index (χ0) is 10.5. The van der Waals surface area contributed by atoms with Crippen LogP contribution in [-0.4, -0.2) is 19.7 Å². The molecule has 0 radical (unpaired) electrons. The van der Waals surface area contributed by atoms with Crippen LogP contribution in [0.1, 0.15) is 31.6 Å². The van der Waals surface area contributed by atoms with Gasteiger partial charge in [-0.05, 0) is 50.9 Å². The van der Waals surface area contributed by atoms with E-state index in [2.05, 4.69) is 5.32 Å². The van der Waals surface area contributed by atoms with Crippen LogP contribution in [0, 0.1) is 5.92 Å². The second-order valence-electron chi connectivity index (χ2n) is 4.18. The maximum Gasteiger partial charge on any atom is 0.132 e. The summed E-state index contributed by atoms with van der Waals surface area (Å²) in [4.78, 5) is 0. The summed E-state index contributed by atoms with van der Waals surface area (Å²) >= 11 is 0. The van der Waals surface area contributed by atoms with Gasteiger partial charge in [-0.3, -0.25) is 0 Å². The van der Waals surface area contributed by atoms with Crippen LogP contribution >= 0.6 is 0 Å². The van der Waals surface area contributed by atoms with E-state index in [9.17, 15) is 0 Å². The SMILES string of the molecule is C[C@H](OCC1CCNCC1)c1ccco1. The number of nitrogens with one attached hydrogen (secondary N) is 1. The summed E-state index contributed by atoms with van der Waals surface area (Å²) in [7, 11) is 0. The third kappa shape index (κ3) is 3.08. The average Bonchev–Trinajstić information content (AvgIpc) is 2.81. The topological polar surface area (TPSA) is 34.4 Å². The van der Waals surface area contributed by atoms with E-state index in [1.54, 1.807) is 6.26 Å². The highest BCUT2D eigenvalue weighted by Gasteiger charge is 2.15. The molecular weight excluding hydrogens is 190 g/mol. The average molecular weight is 209 g/mol. The number of piperidine rings is 1. The summed E-state index contributed by atoms with van der Waals surface area (Å²) in [6.07, 6.45) is 4.23. The lowest BCUT2D eigenvalue weighted by molar-refractivity contribution is 0.0202. The summed E-state index contributed by atoms with van der Waals surface area (Å²) in [5, 5.41) is 3.36. The molecule has 1 aromatic rings. The predicted molar refractivity (Wildman–Crippen MR) is 58.7 cm³/mol. The Hall–Kier alpha value is -0.800. The molecule has 1 saturated heterocycles. The number of ether oxygens (including phenoxy) is 1. The first-order valence-electron chi connectivity index (χ1n) is 5.72. The van der Waals surface area contributed by atoms with Crippen LogP contribution in [0.4, 0.5) is 0 Å². The fraction of sp³-hybridized carbons (Fsp3) is 0.667. The molecule has 3 nitrogen and oxygen atoms in total. The van der Waals surface area contributed by atoms with Crippen molar-refractivity contribution in [3.8, 4) is 0 Å². The van der Waals surface area contributed by atoms with E-state index >= 15 is 0 Å². The van der Waals surface area contributed by atoms with E-state index in [1.807, 2.05) is 19.1 Å². The van der Waals surface area contributed by atoms with Crippen molar-refractivity contribution in [3.63, 3.8) is 0 Å². The minimum atomic E-state index is 0.0786. The van der Waals surface area contributed by atoms with Crippen molar-refractivity contribution in [2.75, 3.05) is 19.7 Å². The van der Waals surface area contributed by atoms with Crippen LogP contribution in [0.3, 0.4) is 0 Å². The third-order valence-electron chi connectivity index (χ3n) is 2.98. The van der Waals surface area contributed by atoms with Gasteiger partial charge in [-0.15, -0.1) is 0 Å². The molecule has 0 aliphatic carbocycles. The van der Waals surface area contributed by atoms with Gasteiger partial charge in [-0.2, -0.15) is 0 Å². The van der Waals surface area contributed by atoms with E-state index < -0.39 is 0 Å². The van der Waals surface area contributed by atoms with Crippen LogP contribution < -0.4 is 5.32 Å². The summed E-state index contributed by atoms with van der Waals surface area (Å²) in [6.45, 7) is 5.15. The molecule has 3 heteroatoms. The fourth-order valence-corrected chi connectivity index (χ4v) is 1.93. The molecule has 0 bridgehead atoms. The molecular formula is C12H19NO2. The van der Waals surface area contributed by atoms with Crippen LogP contribution in [0.5, 0.6) is 0 Å². The lowest BCUT2D eigenvalue weighted by atomic mass is 9.99. The van der Waals surface area contributed by atoms with Crippen molar-refractivity contribution in [1.29, 1.82) is 0 Å². The van der Waals surface area contributed by atoms with Gasteiger partial charge in [0.15, 0.2) is 0 Å². The zero-order valence-electron chi connectivity index (χ0n) is 9.24. The van der Waals surface area contributed by atoms with E-state index in [4.69, 9.17) is 9.15 Å². The highest BCUT2D eigenvalue weighted by atomic mass is 16.5. The minimum Gasteiger partial charge on any atom is -0.467 e. The molecule has 2 heterocycles. The Bertz CT molecular complexity index is 265. The van der Waals surface area contributed by atoms with Crippen LogP contribution in [0.25, 0.3) is 0 Å². The zero-order valence-corrected chi connectivity index (χ0v) is 9.24. The molecule has 84 valence electrons. The molecule has 0 aromatic carbocycles. The number of furan rings is 1. The molecule has 1 aliphatic heterocycles. The molecule has 1 N–H and O–H groups in total. The van der Waals surface area contributed by atoms with Gasteiger partial charge in [0.25, 0.3) is 0 Å². The van der Waals surface area contributed by atoms with Gasteiger partial charge in [-0.25, -0.2) is 0 Å². The molecule has 0 spiro atoms. The van der Waals surface area contributed by atoms with Crippen molar-refractivity contribution in [2.24, 2.45) is 5.92 Å². The highest BCUT2D eigenvalue weighted by Crippen LogP contribution is 2.20. The second kappa shape index (κ2) is 5.33. The Balaban J connectivity index is 1.73. The standard InChI is InChI=1S/C12H19NO2/c1-10(12-3-2-8-14-12)15-9-11-4-6-13-7-5-11/h2-3,8,10-11,13H,4-7,9H2,1H3/t10-/m0/s1. The van der Waals surface area contributed by atoms with Crippen LogP contribution in [0.2, 0.25) is 0 Å². The lowest BCUT2D eigenvalue weighted by Crippen LogP contribution is -2.30. The van der Waals surface area contributed by atoms with Gasteiger partial charge in [0.1, 0.15) is 11.9 Å². The van der Waals surface area contributed by atoms with E-state index in [0.29, 0.717) is 5.92 Å². The minimum absolute atomic E-state index is 0.0786. The highest BCUT2D eigenvalue weighted by molar-refractivity contribution is 5.00. The first-order valence-corrected chi connectivity index (χ1v) is 5.72. The van der Waals surface area contributed by atoms with Crippen LogP contribution in [-0.2, 0) is 4.74 Å². The van der Waals surface area contributed by atoms with Gasteiger partial charge >= 0.3 is 0 Å². The lowest BCUT2D eigenvalue weighted by Gasteiger charge is -2.23. The normalized spacial score (nSPS) is 20.3. The first-order chi connectivity index (χ1) is 7.36. The van der Waals surface area contributed by atoms with Gasteiger partial charge in [0.2, 0.25) is 0 Å². The quantitative estimate of drug-likeness (QED) is 0.826. The monoisotopic (exact) mass is 209 g/mol. The predicted octanol–water partition coefficient (Wildman–Crippen LogP) is 2.36. The third-order valence-corrected chi connectivity index (χ3v) is 2.98. The largest absolute Gasteiger partial charge is 0.467 e. The summed E-state index contributed by atoms with van der Waals surface area (Å²) in [6, 6.07) is 3.87. The molecule has 0 amide bonds. The Labute approximate surface area is 90.8 Å². The Kier molecular flexibility index (Phi) is 3.80. The Morgan fingerprint density at radius 3 is 3.00 bits per heavy atom. The number of hydrogen-bond donors (Lipinski definition) is 1. The van der Waals surface area contributed by atoms with Gasteiger partial charge in [-0.1, -0.05) is 0 Å².